The lowest BCUT2D eigenvalue weighted by atomic mass is 10.1. The quantitative estimate of drug-likeness (QED) is 0.902. The minimum absolute atomic E-state index is 0.0140. The van der Waals surface area contributed by atoms with Gasteiger partial charge in [0.15, 0.2) is 0 Å². The number of aromatic nitrogens is 1. The number of rotatable bonds is 4. The summed E-state index contributed by atoms with van der Waals surface area (Å²) in [7, 11) is 0. The number of amides is 1. The number of aryl methyl sites for hydroxylation is 1. The Labute approximate surface area is 149 Å². The number of nitrogens with zero attached hydrogens (tertiary/aromatic N) is 2. The van der Waals surface area contributed by atoms with E-state index in [4.69, 9.17) is 11.6 Å². The van der Waals surface area contributed by atoms with Crippen LogP contribution >= 0.6 is 22.9 Å². The van der Waals surface area contributed by atoms with Crippen LogP contribution in [0.25, 0.3) is 0 Å². The Balaban J connectivity index is 1.79. The number of piperidine rings is 1. The van der Waals surface area contributed by atoms with Crippen molar-refractivity contribution in [1.82, 2.24) is 4.57 Å². The molecule has 1 amide bonds. The average molecular weight is 366 g/mol. The van der Waals surface area contributed by atoms with E-state index in [0.29, 0.717) is 10.7 Å². The van der Waals surface area contributed by atoms with Crippen LogP contribution in [0.15, 0.2) is 28.4 Å². The fourth-order valence-corrected chi connectivity index (χ4v) is 3.85. The molecule has 3 rings (SSSR count). The van der Waals surface area contributed by atoms with Gasteiger partial charge in [0, 0.05) is 29.2 Å². The molecule has 7 heteroatoms. The normalized spacial score (nSPS) is 14.7. The molecule has 0 saturated carbocycles. The Bertz CT molecular complexity index is 793. The molecule has 1 N–H and O–H groups in total. The number of carbonyl (C=O) groups is 1. The maximum Gasteiger partial charge on any atom is 0.307 e. The van der Waals surface area contributed by atoms with Crippen molar-refractivity contribution in [3.63, 3.8) is 0 Å². The first-order valence-electron chi connectivity index (χ1n) is 8.04. The zero-order valence-electron chi connectivity index (χ0n) is 13.5. The molecule has 5 nitrogen and oxygen atoms in total. The smallest absolute Gasteiger partial charge is 0.307 e. The summed E-state index contributed by atoms with van der Waals surface area (Å²) in [5.74, 6) is -0.223. The Morgan fingerprint density at radius 1 is 1.29 bits per heavy atom. The van der Waals surface area contributed by atoms with E-state index in [1.165, 1.54) is 11.0 Å². The second kappa shape index (κ2) is 7.40. The van der Waals surface area contributed by atoms with Crippen molar-refractivity contribution in [3.8, 4) is 0 Å². The molecule has 1 aliphatic heterocycles. The van der Waals surface area contributed by atoms with Gasteiger partial charge in [-0.3, -0.25) is 14.2 Å². The van der Waals surface area contributed by atoms with Crippen molar-refractivity contribution in [2.75, 3.05) is 23.3 Å². The number of hydrogen-bond donors (Lipinski definition) is 1. The van der Waals surface area contributed by atoms with Gasteiger partial charge in [0.1, 0.15) is 6.54 Å². The molecular formula is C17H20ClN3O2S. The number of nitrogens with one attached hydrogen (secondary N) is 1. The molecule has 1 fully saturated rings. The summed E-state index contributed by atoms with van der Waals surface area (Å²) in [6.07, 6.45) is 3.55. The van der Waals surface area contributed by atoms with Gasteiger partial charge in [0.2, 0.25) is 5.91 Å². The Morgan fingerprint density at radius 2 is 2.04 bits per heavy atom. The standard InChI is InChI=1S/C17H20ClN3O2S/c1-12-11-24-17(23)21(12)10-16(22)19-14-9-13(18)5-6-15(14)20-7-3-2-4-8-20/h5-6,9,11H,2-4,7-8,10H2,1H3,(H,19,22). The molecule has 1 aliphatic rings. The van der Waals surface area contributed by atoms with E-state index in [2.05, 4.69) is 10.2 Å². The van der Waals surface area contributed by atoms with E-state index in [9.17, 15) is 9.59 Å². The van der Waals surface area contributed by atoms with Gasteiger partial charge in [-0.25, -0.2) is 0 Å². The molecule has 1 aromatic heterocycles. The molecule has 2 heterocycles. The lowest BCUT2D eigenvalue weighted by Crippen LogP contribution is -2.31. The molecule has 24 heavy (non-hydrogen) atoms. The first-order valence-corrected chi connectivity index (χ1v) is 9.29. The van der Waals surface area contributed by atoms with E-state index >= 15 is 0 Å². The fourth-order valence-electron chi connectivity index (χ4n) is 2.95. The Kier molecular flexibility index (Phi) is 5.26. The van der Waals surface area contributed by atoms with Gasteiger partial charge in [0.25, 0.3) is 0 Å². The molecule has 0 aliphatic carbocycles. The molecule has 0 bridgehead atoms. The van der Waals surface area contributed by atoms with Gasteiger partial charge in [-0.15, -0.1) is 0 Å². The van der Waals surface area contributed by atoms with E-state index in [1.54, 1.807) is 11.4 Å². The Hall–Kier alpha value is -1.79. The van der Waals surface area contributed by atoms with E-state index in [1.807, 2.05) is 19.1 Å². The van der Waals surface area contributed by atoms with Crippen LogP contribution in [-0.4, -0.2) is 23.6 Å². The third kappa shape index (κ3) is 3.82. The van der Waals surface area contributed by atoms with Crippen LogP contribution in [0.4, 0.5) is 11.4 Å². The van der Waals surface area contributed by atoms with Crippen molar-refractivity contribution in [2.45, 2.75) is 32.7 Å². The SMILES string of the molecule is Cc1csc(=O)n1CC(=O)Nc1cc(Cl)ccc1N1CCCCC1. The van der Waals surface area contributed by atoms with Crippen molar-refractivity contribution in [2.24, 2.45) is 0 Å². The highest BCUT2D eigenvalue weighted by Crippen LogP contribution is 2.31. The number of halogens is 1. The van der Waals surface area contributed by atoms with Crippen molar-refractivity contribution in [3.05, 3.63) is 44.0 Å². The first kappa shape index (κ1) is 17.0. The number of anilines is 2. The predicted molar refractivity (Wildman–Crippen MR) is 99.5 cm³/mol. The second-order valence-corrected chi connectivity index (χ2v) is 7.24. The van der Waals surface area contributed by atoms with E-state index < -0.39 is 0 Å². The largest absolute Gasteiger partial charge is 0.370 e. The summed E-state index contributed by atoms with van der Waals surface area (Å²) in [5.41, 5.74) is 2.49. The van der Waals surface area contributed by atoms with Gasteiger partial charge in [-0.1, -0.05) is 22.9 Å². The maximum atomic E-state index is 12.4. The third-order valence-electron chi connectivity index (χ3n) is 4.21. The van der Waals surface area contributed by atoms with Gasteiger partial charge < -0.3 is 10.2 Å². The van der Waals surface area contributed by atoms with Gasteiger partial charge >= 0.3 is 4.87 Å². The number of benzene rings is 1. The van der Waals surface area contributed by atoms with E-state index in [0.717, 1.165) is 48.6 Å². The Morgan fingerprint density at radius 3 is 2.71 bits per heavy atom. The highest BCUT2D eigenvalue weighted by molar-refractivity contribution is 7.07. The molecule has 2 aromatic rings. The molecule has 0 radical (unpaired) electrons. The van der Waals surface area contributed by atoms with Crippen LogP contribution in [0.1, 0.15) is 25.0 Å². The van der Waals surface area contributed by atoms with Crippen molar-refractivity contribution >= 4 is 40.2 Å². The third-order valence-corrected chi connectivity index (χ3v) is 5.32. The van der Waals surface area contributed by atoms with Gasteiger partial charge in [0.05, 0.1) is 11.4 Å². The fraction of sp³-hybridized carbons (Fsp3) is 0.412. The van der Waals surface area contributed by atoms with Crippen LogP contribution in [0.2, 0.25) is 5.02 Å². The number of hydrogen-bond acceptors (Lipinski definition) is 4. The molecule has 1 aromatic carbocycles. The summed E-state index contributed by atoms with van der Waals surface area (Å²) in [6, 6.07) is 5.56. The van der Waals surface area contributed by atoms with Gasteiger partial charge in [-0.2, -0.15) is 0 Å². The zero-order chi connectivity index (χ0) is 17.1. The predicted octanol–water partition coefficient (Wildman–Crippen LogP) is 3.50. The van der Waals surface area contributed by atoms with Crippen molar-refractivity contribution in [1.29, 1.82) is 0 Å². The van der Waals surface area contributed by atoms with Crippen LogP contribution < -0.4 is 15.1 Å². The van der Waals surface area contributed by atoms with E-state index in [-0.39, 0.29) is 17.3 Å². The minimum atomic E-state index is -0.223. The summed E-state index contributed by atoms with van der Waals surface area (Å²) in [4.78, 5) is 26.3. The topological polar surface area (TPSA) is 54.3 Å². The summed E-state index contributed by atoms with van der Waals surface area (Å²) in [5, 5.41) is 5.26. The monoisotopic (exact) mass is 365 g/mol. The molecule has 1 saturated heterocycles. The average Bonchev–Trinajstić information content (AvgIpc) is 2.88. The zero-order valence-corrected chi connectivity index (χ0v) is 15.1. The molecule has 0 spiro atoms. The summed E-state index contributed by atoms with van der Waals surface area (Å²) in [6.45, 7) is 3.80. The van der Waals surface area contributed by atoms with Crippen molar-refractivity contribution < 1.29 is 4.79 Å². The number of thiazole rings is 1. The van der Waals surface area contributed by atoms with Gasteiger partial charge in [-0.05, 0) is 44.4 Å². The molecule has 0 unspecified atom stereocenters. The lowest BCUT2D eigenvalue weighted by Gasteiger charge is -2.30. The second-order valence-electron chi connectivity index (χ2n) is 5.99. The van der Waals surface area contributed by atoms with Crippen LogP contribution in [0, 0.1) is 6.92 Å². The minimum Gasteiger partial charge on any atom is -0.370 e. The highest BCUT2D eigenvalue weighted by atomic mass is 35.5. The lowest BCUT2D eigenvalue weighted by molar-refractivity contribution is -0.116. The highest BCUT2D eigenvalue weighted by Gasteiger charge is 2.17. The first-order chi connectivity index (χ1) is 11.5. The summed E-state index contributed by atoms with van der Waals surface area (Å²) >= 11 is 7.21. The van der Waals surface area contributed by atoms with Crippen LogP contribution in [-0.2, 0) is 11.3 Å². The molecule has 0 atom stereocenters. The maximum absolute atomic E-state index is 12.4. The molecular weight excluding hydrogens is 346 g/mol. The summed E-state index contributed by atoms with van der Waals surface area (Å²) < 4.78 is 1.48. The van der Waals surface area contributed by atoms with Crippen LogP contribution in [0.3, 0.4) is 0 Å². The number of carbonyl (C=O) groups excluding carboxylic acids is 1. The van der Waals surface area contributed by atoms with Crippen LogP contribution in [0.5, 0.6) is 0 Å². The molecule has 128 valence electrons.